The fourth-order valence-electron chi connectivity index (χ4n) is 2.23. The van der Waals surface area contributed by atoms with Gasteiger partial charge in [0.25, 0.3) is 0 Å². The molecule has 22 heavy (non-hydrogen) atoms. The lowest BCUT2D eigenvalue weighted by Gasteiger charge is -2.13. The zero-order chi connectivity index (χ0) is 16.6. The number of hydrogen-bond donors (Lipinski definition) is 1. The summed E-state index contributed by atoms with van der Waals surface area (Å²) in [5, 5.41) is 8.39. The van der Waals surface area contributed by atoms with Gasteiger partial charge in [-0.25, -0.2) is 18.0 Å². The molecule has 1 aromatic carbocycles. The molecule has 0 saturated carbocycles. The molecule has 1 aromatic heterocycles. The summed E-state index contributed by atoms with van der Waals surface area (Å²) in [6, 6.07) is 0.596. The van der Waals surface area contributed by atoms with Crippen LogP contribution in [0.5, 0.6) is 0 Å². The summed E-state index contributed by atoms with van der Waals surface area (Å²) in [5.41, 5.74) is -3.21. The summed E-state index contributed by atoms with van der Waals surface area (Å²) in [4.78, 5) is 34.3. The highest BCUT2D eigenvalue weighted by Crippen LogP contribution is 2.23. The van der Waals surface area contributed by atoms with Gasteiger partial charge < -0.3 is 9.67 Å². The molecule has 0 amide bonds. The van der Waals surface area contributed by atoms with Crippen molar-refractivity contribution in [2.45, 2.75) is 13.5 Å². The van der Waals surface area contributed by atoms with Crippen molar-refractivity contribution < 1.29 is 27.9 Å². The Bertz CT molecular complexity index is 858. The van der Waals surface area contributed by atoms with E-state index in [1.54, 1.807) is 0 Å². The van der Waals surface area contributed by atoms with E-state index in [4.69, 9.17) is 5.11 Å². The number of carboxylic acids is 1. The van der Waals surface area contributed by atoms with Crippen LogP contribution in [0, 0.1) is 11.6 Å². The van der Waals surface area contributed by atoms with Crippen LogP contribution in [0.25, 0.3) is 10.9 Å². The molecule has 5 nitrogen and oxygen atoms in total. The maximum absolute atomic E-state index is 14.4. The summed E-state index contributed by atoms with van der Waals surface area (Å²) in [5.74, 6) is -5.09. The molecular formula is C14H10F3NO4. The van der Waals surface area contributed by atoms with E-state index in [0.717, 1.165) is 17.7 Å². The standard InChI is InChI=1S/C14H10F3NO4/c1-6(19)10-9(16)4-7-12(11(10)17)18(3-2-15)5-8(13(7)20)14(21)22/h4-5H,2-3H2,1H3,(H,21,22). The third-order valence-electron chi connectivity index (χ3n) is 3.16. The first-order valence-corrected chi connectivity index (χ1v) is 6.15. The van der Waals surface area contributed by atoms with E-state index in [9.17, 15) is 27.6 Å². The predicted molar refractivity (Wildman–Crippen MR) is 71.1 cm³/mol. The molecule has 0 aliphatic rings. The third-order valence-corrected chi connectivity index (χ3v) is 3.16. The van der Waals surface area contributed by atoms with Crippen LogP contribution in [0.1, 0.15) is 27.6 Å². The van der Waals surface area contributed by atoms with Gasteiger partial charge in [0.2, 0.25) is 5.43 Å². The number of alkyl halides is 1. The van der Waals surface area contributed by atoms with Crippen LogP contribution < -0.4 is 5.43 Å². The smallest absolute Gasteiger partial charge is 0.341 e. The Morgan fingerprint density at radius 2 is 1.95 bits per heavy atom. The molecule has 0 unspecified atom stereocenters. The Kier molecular flexibility index (Phi) is 4.03. The first-order chi connectivity index (χ1) is 10.3. The number of rotatable bonds is 4. The fourth-order valence-corrected chi connectivity index (χ4v) is 2.23. The van der Waals surface area contributed by atoms with E-state index in [1.807, 2.05) is 0 Å². The topological polar surface area (TPSA) is 76.4 Å². The van der Waals surface area contributed by atoms with Gasteiger partial charge in [0.1, 0.15) is 18.1 Å². The molecule has 1 N–H and O–H groups in total. The van der Waals surface area contributed by atoms with Gasteiger partial charge in [0.05, 0.1) is 23.0 Å². The van der Waals surface area contributed by atoms with E-state index < -0.39 is 64.1 Å². The number of nitrogens with zero attached hydrogens (tertiary/aromatic N) is 1. The Morgan fingerprint density at radius 1 is 1.32 bits per heavy atom. The van der Waals surface area contributed by atoms with Crippen molar-refractivity contribution in [2.75, 3.05) is 6.67 Å². The molecule has 8 heteroatoms. The number of fused-ring (bicyclic) bond motifs is 1. The summed E-state index contributed by atoms with van der Waals surface area (Å²) in [7, 11) is 0. The van der Waals surface area contributed by atoms with Crippen molar-refractivity contribution in [3.63, 3.8) is 0 Å². The third kappa shape index (κ3) is 2.36. The van der Waals surface area contributed by atoms with Gasteiger partial charge in [-0.2, -0.15) is 0 Å². The van der Waals surface area contributed by atoms with Gasteiger partial charge in [-0.1, -0.05) is 0 Å². The number of benzene rings is 1. The van der Waals surface area contributed by atoms with Crippen molar-refractivity contribution in [3.05, 3.63) is 45.2 Å². The number of hydrogen-bond acceptors (Lipinski definition) is 3. The highest BCUT2D eigenvalue weighted by Gasteiger charge is 2.23. The largest absolute Gasteiger partial charge is 0.477 e. The van der Waals surface area contributed by atoms with Crippen molar-refractivity contribution in [1.82, 2.24) is 4.57 Å². The number of aromatic nitrogens is 1. The number of ketones is 1. The average molecular weight is 313 g/mol. The minimum atomic E-state index is -1.60. The fraction of sp³-hybridized carbons (Fsp3) is 0.214. The molecule has 2 aromatic rings. The van der Waals surface area contributed by atoms with E-state index in [1.165, 1.54) is 0 Å². The summed E-state index contributed by atoms with van der Waals surface area (Å²) >= 11 is 0. The Hall–Kier alpha value is -2.64. The number of aromatic carboxylic acids is 1. The van der Waals surface area contributed by atoms with E-state index in [2.05, 4.69) is 0 Å². The molecule has 0 atom stereocenters. The Labute approximate surface area is 121 Å². The summed E-state index contributed by atoms with van der Waals surface area (Å²) in [6.07, 6.45) is 0.775. The molecule has 0 saturated heterocycles. The first kappa shape index (κ1) is 15.7. The quantitative estimate of drug-likeness (QED) is 0.878. The lowest BCUT2D eigenvalue weighted by Crippen LogP contribution is -2.21. The average Bonchev–Trinajstić information content (AvgIpc) is 2.41. The predicted octanol–water partition coefficient (Wildman–Crippen LogP) is 2.15. The van der Waals surface area contributed by atoms with Gasteiger partial charge in [-0.3, -0.25) is 9.59 Å². The normalized spacial score (nSPS) is 10.9. The molecular weight excluding hydrogens is 303 g/mol. The Morgan fingerprint density at radius 3 is 2.45 bits per heavy atom. The maximum atomic E-state index is 14.4. The molecule has 1 heterocycles. The van der Waals surface area contributed by atoms with Crippen LogP contribution in [0.4, 0.5) is 13.2 Å². The van der Waals surface area contributed by atoms with Gasteiger partial charge >= 0.3 is 5.97 Å². The van der Waals surface area contributed by atoms with Gasteiger partial charge in [0.15, 0.2) is 11.6 Å². The number of carbonyl (C=O) groups is 2. The van der Waals surface area contributed by atoms with Crippen LogP contribution in [0.3, 0.4) is 0 Å². The molecule has 0 fully saturated rings. The van der Waals surface area contributed by atoms with Crippen LogP contribution in [0.15, 0.2) is 17.1 Å². The molecule has 2 rings (SSSR count). The number of Topliss-reactive ketones (excluding diaryl/α,β-unsaturated/α-hetero) is 1. The van der Waals surface area contributed by atoms with Crippen molar-refractivity contribution in [1.29, 1.82) is 0 Å². The summed E-state index contributed by atoms with van der Waals surface area (Å²) in [6.45, 7) is -0.475. The highest BCUT2D eigenvalue weighted by atomic mass is 19.1. The van der Waals surface area contributed by atoms with Crippen molar-refractivity contribution in [3.8, 4) is 0 Å². The molecule has 0 aliphatic heterocycles. The minimum absolute atomic E-state index is 0.447. The van der Waals surface area contributed by atoms with Crippen LogP contribution in [-0.2, 0) is 6.54 Å². The lowest BCUT2D eigenvalue weighted by molar-refractivity contribution is 0.0694. The molecule has 0 bridgehead atoms. The number of halogens is 3. The number of aryl methyl sites for hydroxylation is 1. The SMILES string of the molecule is CC(=O)c1c(F)cc2c(=O)c(C(=O)O)cn(CCF)c2c1F. The first-order valence-electron chi connectivity index (χ1n) is 6.15. The lowest BCUT2D eigenvalue weighted by atomic mass is 10.0. The van der Waals surface area contributed by atoms with Gasteiger partial charge in [-0.05, 0) is 13.0 Å². The van der Waals surface area contributed by atoms with Crippen LogP contribution >= 0.6 is 0 Å². The molecule has 0 spiro atoms. The second-order valence-corrected chi connectivity index (χ2v) is 4.56. The second kappa shape index (κ2) is 5.63. The van der Waals surface area contributed by atoms with E-state index in [0.29, 0.717) is 6.07 Å². The number of pyridine rings is 1. The molecule has 116 valence electrons. The second-order valence-electron chi connectivity index (χ2n) is 4.56. The van der Waals surface area contributed by atoms with Gasteiger partial charge in [-0.15, -0.1) is 0 Å². The maximum Gasteiger partial charge on any atom is 0.341 e. The zero-order valence-electron chi connectivity index (χ0n) is 11.3. The molecule has 0 aliphatic carbocycles. The van der Waals surface area contributed by atoms with Crippen molar-refractivity contribution >= 4 is 22.7 Å². The van der Waals surface area contributed by atoms with Gasteiger partial charge in [0, 0.05) is 6.20 Å². The zero-order valence-corrected chi connectivity index (χ0v) is 11.3. The number of carboxylic acid groups (broad SMARTS) is 1. The summed E-state index contributed by atoms with van der Waals surface area (Å²) < 4.78 is 41.7. The minimum Gasteiger partial charge on any atom is -0.477 e. The van der Waals surface area contributed by atoms with Crippen LogP contribution in [-0.4, -0.2) is 28.1 Å². The van der Waals surface area contributed by atoms with Crippen molar-refractivity contribution in [2.24, 2.45) is 0 Å². The Balaban J connectivity index is 3.05. The highest BCUT2D eigenvalue weighted by molar-refractivity contribution is 6.00. The molecule has 0 radical (unpaired) electrons. The number of carbonyl (C=O) groups excluding carboxylic acids is 1. The monoisotopic (exact) mass is 313 g/mol. The van der Waals surface area contributed by atoms with E-state index in [-0.39, 0.29) is 0 Å². The van der Waals surface area contributed by atoms with E-state index >= 15 is 0 Å². The van der Waals surface area contributed by atoms with Crippen LogP contribution in [0.2, 0.25) is 0 Å².